The van der Waals surface area contributed by atoms with E-state index in [0.29, 0.717) is 15.6 Å². The van der Waals surface area contributed by atoms with Crippen molar-refractivity contribution < 1.29 is 5.11 Å². The van der Waals surface area contributed by atoms with Crippen molar-refractivity contribution in [2.45, 2.75) is 39.7 Å². The summed E-state index contributed by atoms with van der Waals surface area (Å²) in [5, 5.41) is 10.9. The molecule has 3 N–H and O–H groups in total. The summed E-state index contributed by atoms with van der Waals surface area (Å²) in [6.07, 6.45) is 0. The molecule has 0 aromatic heterocycles. The van der Waals surface area contributed by atoms with Crippen LogP contribution in [0.1, 0.15) is 37.5 Å². The van der Waals surface area contributed by atoms with Crippen molar-refractivity contribution in [2.24, 2.45) is 5.73 Å². The van der Waals surface area contributed by atoms with Crippen LogP contribution < -0.4 is 5.73 Å². The molecule has 0 aliphatic heterocycles. The van der Waals surface area contributed by atoms with Crippen molar-refractivity contribution in [1.82, 2.24) is 0 Å². The van der Waals surface area contributed by atoms with Crippen LogP contribution in [0.4, 0.5) is 0 Å². The Balaban J connectivity index is 0.00000256. The molecular formula is C12H18Cl3NO. The molecule has 0 saturated carbocycles. The molecule has 0 unspecified atom stereocenters. The van der Waals surface area contributed by atoms with Gasteiger partial charge in [0.25, 0.3) is 0 Å². The maximum Gasteiger partial charge on any atom is 0.139 e. The Morgan fingerprint density at radius 2 is 1.65 bits per heavy atom. The quantitative estimate of drug-likeness (QED) is 0.817. The average Bonchev–Trinajstić information content (AvgIpc) is 2.14. The molecule has 0 radical (unpaired) electrons. The molecule has 0 bridgehead atoms. The lowest BCUT2D eigenvalue weighted by Gasteiger charge is -2.25. The molecule has 1 aromatic rings. The molecule has 0 saturated heterocycles. The zero-order chi connectivity index (χ0) is 12.7. The largest absolute Gasteiger partial charge is 0.506 e. The fourth-order valence-electron chi connectivity index (χ4n) is 1.75. The Morgan fingerprint density at radius 3 is 2.00 bits per heavy atom. The van der Waals surface area contributed by atoms with Gasteiger partial charge in [-0.3, -0.25) is 0 Å². The van der Waals surface area contributed by atoms with Gasteiger partial charge in [-0.05, 0) is 23.5 Å². The smallest absolute Gasteiger partial charge is 0.139 e. The molecule has 0 aliphatic rings. The van der Waals surface area contributed by atoms with Crippen LogP contribution in [-0.2, 0) is 12.0 Å². The third-order valence-electron chi connectivity index (χ3n) is 2.67. The zero-order valence-electron chi connectivity index (χ0n) is 10.4. The predicted octanol–water partition coefficient (Wildman–Crippen LogP) is 4.19. The molecular weight excluding hydrogens is 280 g/mol. The van der Waals surface area contributed by atoms with Gasteiger partial charge in [0, 0.05) is 17.1 Å². The SMILES string of the molecule is Cc1c(Cl)c(C(C)(C)C)c(Cl)c(O)c1CN.Cl. The van der Waals surface area contributed by atoms with Gasteiger partial charge in [-0.2, -0.15) is 0 Å². The van der Waals surface area contributed by atoms with Crippen LogP contribution in [0.15, 0.2) is 0 Å². The topological polar surface area (TPSA) is 46.2 Å². The first-order chi connectivity index (χ1) is 7.21. The first kappa shape index (κ1) is 16.9. The molecule has 0 heterocycles. The second-order valence-electron chi connectivity index (χ2n) is 4.91. The van der Waals surface area contributed by atoms with E-state index in [1.54, 1.807) is 0 Å². The number of aromatic hydroxyl groups is 1. The van der Waals surface area contributed by atoms with Gasteiger partial charge in [0.2, 0.25) is 0 Å². The highest BCUT2D eigenvalue weighted by Crippen LogP contribution is 2.44. The fraction of sp³-hybridized carbons (Fsp3) is 0.500. The summed E-state index contributed by atoms with van der Waals surface area (Å²) in [5.74, 6) is 0.0518. The van der Waals surface area contributed by atoms with Crippen LogP contribution in [0.25, 0.3) is 0 Å². The molecule has 0 atom stereocenters. The number of hydrogen-bond acceptors (Lipinski definition) is 2. The Morgan fingerprint density at radius 1 is 1.18 bits per heavy atom. The van der Waals surface area contributed by atoms with E-state index in [1.165, 1.54) is 0 Å². The summed E-state index contributed by atoms with van der Waals surface area (Å²) in [6.45, 7) is 8.07. The average molecular weight is 299 g/mol. The van der Waals surface area contributed by atoms with E-state index in [1.807, 2.05) is 27.7 Å². The third kappa shape index (κ3) is 3.00. The summed E-state index contributed by atoms with van der Waals surface area (Å²) in [5.41, 5.74) is 7.53. The molecule has 0 amide bonds. The van der Waals surface area contributed by atoms with Crippen LogP contribution in [0.2, 0.25) is 10.0 Å². The summed E-state index contributed by atoms with van der Waals surface area (Å²) < 4.78 is 0. The minimum Gasteiger partial charge on any atom is -0.506 e. The van der Waals surface area contributed by atoms with Gasteiger partial charge >= 0.3 is 0 Å². The molecule has 0 fully saturated rings. The third-order valence-corrected chi connectivity index (χ3v) is 3.51. The lowest BCUT2D eigenvalue weighted by molar-refractivity contribution is 0.463. The first-order valence-electron chi connectivity index (χ1n) is 5.11. The standard InChI is InChI=1S/C12H17Cl2NO.ClH/c1-6-7(5-15)11(16)10(14)8(9(6)13)12(2,3)4;/h16H,5,15H2,1-4H3;1H. The Bertz CT molecular complexity index is 396. The molecule has 98 valence electrons. The van der Waals surface area contributed by atoms with Crippen molar-refractivity contribution in [3.8, 4) is 5.75 Å². The second-order valence-corrected chi connectivity index (χ2v) is 5.67. The number of phenols is 1. The number of phenolic OH excluding ortho intramolecular Hbond substituents is 1. The van der Waals surface area contributed by atoms with E-state index >= 15 is 0 Å². The maximum atomic E-state index is 9.98. The first-order valence-corrected chi connectivity index (χ1v) is 5.87. The Kier molecular flexibility index (Phi) is 5.61. The highest BCUT2D eigenvalue weighted by Gasteiger charge is 2.26. The number of rotatable bonds is 1. The summed E-state index contributed by atoms with van der Waals surface area (Å²) in [7, 11) is 0. The van der Waals surface area contributed by atoms with Gasteiger partial charge in [-0.25, -0.2) is 0 Å². The molecule has 2 nitrogen and oxygen atoms in total. The Hall–Kier alpha value is -0.150. The summed E-state index contributed by atoms with van der Waals surface area (Å²) >= 11 is 12.4. The number of halogens is 3. The Labute approximate surface area is 119 Å². The summed E-state index contributed by atoms with van der Waals surface area (Å²) in [6, 6.07) is 0. The minimum atomic E-state index is -0.219. The number of nitrogens with two attached hydrogens (primary N) is 1. The van der Waals surface area contributed by atoms with Crippen molar-refractivity contribution in [3.63, 3.8) is 0 Å². The monoisotopic (exact) mass is 297 g/mol. The highest BCUT2D eigenvalue weighted by molar-refractivity contribution is 6.37. The van der Waals surface area contributed by atoms with Crippen molar-refractivity contribution >= 4 is 35.6 Å². The molecule has 1 aromatic carbocycles. The van der Waals surface area contributed by atoms with Gasteiger partial charge in [0.15, 0.2) is 0 Å². The van der Waals surface area contributed by atoms with Crippen LogP contribution in [0.3, 0.4) is 0 Å². The lowest BCUT2D eigenvalue weighted by Crippen LogP contribution is -2.15. The predicted molar refractivity (Wildman–Crippen MR) is 76.7 cm³/mol. The van der Waals surface area contributed by atoms with Gasteiger partial charge in [0.05, 0.1) is 5.02 Å². The van der Waals surface area contributed by atoms with Crippen molar-refractivity contribution in [1.29, 1.82) is 0 Å². The van der Waals surface area contributed by atoms with Gasteiger partial charge in [-0.15, -0.1) is 12.4 Å². The van der Waals surface area contributed by atoms with Gasteiger partial charge in [-0.1, -0.05) is 44.0 Å². The van der Waals surface area contributed by atoms with Crippen molar-refractivity contribution in [3.05, 3.63) is 26.7 Å². The van der Waals surface area contributed by atoms with Crippen LogP contribution in [-0.4, -0.2) is 5.11 Å². The van der Waals surface area contributed by atoms with E-state index in [4.69, 9.17) is 28.9 Å². The molecule has 0 spiro atoms. The molecule has 17 heavy (non-hydrogen) atoms. The fourth-order valence-corrected chi connectivity index (χ4v) is 2.79. The lowest BCUT2D eigenvalue weighted by atomic mass is 9.84. The van der Waals surface area contributed by atoms with Gasteiger partial charge in [0.1, 0.15) is 5.75 Å². The molecule has 5 heteroatoms. The second kappa shape index (κ2) is 5.66. The van der Waals surface area contributed by atoms with E-state index in [0.717, 1.165) is 11.1 Å². The van der Waals surface area contributed by atoms with Crippen molar-refractivity contribution in [2.75, 3.05) is 0 Å². The summed E-state index contributed by atoms with van der Waals surface area (Å²) in [4.78, 5) is 0. The van der Waals surface area contributed by atoms with Crippen LogP contribution in [0, 0.1) is 6.92 Å². The van der Waals surface area contributed by atoms with Crippen LogP contribution >= 0.6 is 35.6 Å². The molecule has 0 aliphatic carbocycles. The minimum absolute atomic E-state index is 0. The maximum absolute atomic E-state index is 9.98. The van der Waals surface area contributed by atoms with E-state index in [2.05, 4.69) is 0 Å². The highest BCUT2D eigenvalue weighted by atomic mass is 35.5. The zero-order valence-corrected chi connectivity index (χ0v) is 12.7. The van der Waals surface area contributed by atoms with E-state index < -0.39 is 0 Å². The normalized spacial score (nSPS) is 11.2. The van der Waals surface area contributed by atoms with E-state index in [9.17, 15) is 5.11 Å². The van der Waals surface area contributed by atoms with Crippen LogP contribution in [0.5, 0.6) is 5.75 Å². The molecule has 1 rings (SSSR count). The number of benzene rings is 1. The number of hydrogen-bond donors (Lipinski definition) is 2. The van der Waals surface area contributed by atoms with Gasteiger partial charge < -0.3 is 10.8 Å². The van der Waals surface area contributed by atoms with E-state index in [-0.39, 0.29) is 30.1 Å².